The lowest BCUT2D eigenvalue weighted by Crippen LogP contribution is -2.47. The summed E-state index contributed by atoms with van der Waals surface area (Å²) in [7, 11) is 0. The van der Waals surface area contributed by atoms with Gasteiger partial charge in [-0.1, -0.05) is 19.9 Å². The van der Waals surface area contributed by atoms with Crippen molar-refractivity contribution in [3.8, 4) is 0 Å². The van der Waals surface area contributed by atoms with Gasteiger partial charge >= 0.3 is 11.9 Å². The summed E-state index contributed by atoms with van der Waals surface area (Å²) in [6.45, 7) is 7.70. The van der Waals surface area contributed by atoms with Crippen LogP contribution in [0.25, 0.3) is 0 Å². The first-order valence-corrected chi connectivity index (χ1v) is 8.84. The Hall–Kier alpha value is -2.25. The van der Waals surface area contributed by atoms with Crippen LogP contribution >= 0.6 is 0 Å². The van der Waals surface area contributed by atoms with E-state index >= 15 is 0 Å². The molecule has 0 heterocycles. The zero-order valence-electron chi connectivity index (χ0n) is 16.3. The molecule has 1 aliphatic rings. The first-order valence-electron chi connectivity index (χ1n) is 8.84. The van der Waals surface area contributed by atoms with Crippen LogP contribution < -0.4 is 0 Å². The van der Waals surface area contributed by atoms with Crippen molar-refractivity contribution in [2.45, 2.75) is 46.8 Å². The molecule has 4 unspecified atom stereocenters. The van der Waals surface area contributed by atoms with E-state index in [1.807, 2.05) is 13.8 Å². The van der Waals surface area contributed by atoms with E-state index in [4.69, 9.17) is 9.84 Å². The van der Waals surface area contributed by atoms with Gasteiger partial charge in [-0.3, -0.25) is 4.79 Å². The minimum atomic E-state index is -1.39. The summed E-state index contributed by atoms with van der Waals surface area (Å²) in [5.74, 6) is -4.01. The fraction of sp³-hybridized carbons (Fsp3) is 0.550. The predicted molar refractivity (Wildman–Crippen MR) is 98.7 cm³/mol. The summed E-state index contributed by atoms with van der Waals surface area (Å²) in [4.78, 5) is 36.0. The molecule has 27 heavy (non-hydrogen) atoms. The van der Waals surface area contributed by atoms with E-state index in [-0.39, 0.29) is 17.1 Å². The normalized spacial score (nSPS) is 25.3. The molecule has 1 rings (SSSR count). The maximum atomic E-state index is 12.8. The Kier molecular flexibility index (Phi) is 8.12. The fourth-order valence-corrected chi connectivity index (χ4v) is 3.17. The first kappa shape index (κ1) is 22.8. The van der Waals surface area contributed by atoms with Gasteiger partial charge in [0, 0.05) is 22.6 Å². The Bertz CT molecular complexity index is 684. The molecule has 0 radical (unpaired) electrons. The predicted octanol–water partition coefficient (Wildman–Crippen LogP) is 1.65. The Morgan fingerprint density at radius 2 is 1.85 bits per heavy atom. The zero-order valence-corrected chi connectivity index (χ0v) is 16.3. The number of carboxylic acids is 1. The molecular weight excluding hydrogens is 352 g/mol. The van der Waals surface area contributed by atoms with Crippen molar-refractivity contribution in [3.05, 3.63) is 34.9 Å². The van der Waals surface area contributed by atoms with Crippen molar-refractivity contribution in [2.24, 2.45) is 17.8 Å². The van der Waals surface area contributed by atoms with E-state index in [1.165, 1.54) is 13.0 Å². The monoisotopic (exact) mass is 380 g/mol. The van der Waals surface area contributed by atoms with Crippen LogP contribution in [0.5, 0.6) is 0 Å². The SMILES string of the molecule is CC=C(C)C(=O)OC1C=C(CO)C(=O)C(C(O)C=C(C)C(=O)O)C1C(C)C. The van der Waals surface area contributed by atoms with E-state index in [2.05, 4.69) is 0 Å². The third kappa shape index (κ3) is 5.37. The van der Waals surface area contributed by atoms with Crippen molar-refractivity contribution in [1.82, 2.24) is 0 Å². The largest absolute Gasteiger partial charge is 0.478 e. The number of carbonyl (C=O) groups is 3. The zero-order chi connectivity index (χ0) is 20.9. The number of hydrogen-bond acceptors (Lipinski definition) is 6. The summed E-state index contributed by atoms with van der Waals surface area (Å²) in [5, 5.41) is 29.1. The molecule has 7 nitrogen and oxygen atoms in total. The summed E-state index contributed by atoms with van der Waals surface area (Å²) in [6.07, 6.45) is 1.91. The summed E-state index contributed by atoms with van der Waals surface area (Å²) >= 11 is 0. The average molecular weight is 380 g/mol. The van der Waals surface area contributed by atoms with E-state index in [0.717, 1.165) is 6.08 Å². The molecular formula is C20H28O7. The van der Waals surface area contributed by atoms with Crippen LogP contribution in [0.2, 0.25) is 0 Å². The minimum Gasteiger partial charge on any atom is -0.478 e. The third-order valence-corrected chi connectivity index (χ3v) is 4.84. The topological polar surface area (TPSA) is 121 Å². The molecule has 0 saturated heterocycles. The van der Waals surface area contributed by atoms with Crippen molar-refractivity contribution in [3.63, 3.8) is 0 Å². The molecule has 3 N–H and O–H groups in total. The number of Topliss-reactive ketones (excluding diaryl/α,β-unsaturated/α-hetero) is 1. The number of ketones is 1. The molecule has 0 saturated carbocycles. The van der Waals surface area contributed by atoms with Gasteiger partial charge in [-0.25, -0.2) is 9.59 Å². The van der Waals surface area contributed by atoms with Crippen molar-refractivity contribution in [2.75, 3.05) is 6.61 Å². The van der Waals surface area contributed by atoms with Crippen molar-refractivity contribution >= 4 is 17.7 Å². The Morgan fingerprint density at radius 1 is 1.26 bits per heavy atom. The Labute approximate surface area is 159 Å². The van der Waals surface area contributed by atoms with E-state index < -0.39 is 48.4 Å². The number of aliphatic carboxylic acids is 1. The molecule has 0 spiro atoms. The number of esters is 1. The Morgan fingerprint density at radius 3 is 2.30 bits per heavy atom. The molecule has 0 aromatic rings. The number of hydrogen-bond donors (Lipinski definition) is 3. The van der Waals surface area contributed by atoms with Crippen LogP contribution in [0.4, 0.5) is 0 Å². The number of aliphatic hydroxyl groups is 2. The van der Waals surface area contributed by atoms with Gasteiger partial charge in [-0.05, 0) is 38.8 Å². The fourth-order valence-electron chi connectivity index (χ4n) is 3.17. The van der Waals surface area contributed by atoms with E-state index in [0.29, 0.717) is 5.57 Å². The van der Waals surface area contributed by atoms with Gasteiger partial charge in [0.1, 0.15) is 6.10 Å². The van der Waals surface area contributed by atoms with Gasteiger partial charge in [0.25, 0.3) is 0 Å². The summed E-state index contributed by atoms with van der Waals surface area (Å²) < 4.78 is 5.54. The smallest absolute Gasteiger partial charge is 0.333 e. The highest BCUT2D eigenvalue weighted by atomic mass is 16.5. The number of carbonyl (C=O) groups excluding carboxylic acids is 2. The molecule has 0 fully saturated rings. The first-order chi connectivity index (χ1) is 12.5. The molecule has 0 bridgehead atoms. The van der Waals surface area contributed by atoms with Gasteiger partial charge in [0.2, 0.25) is 0 Å². The summed E-state index contributed by atoms with van der Waals surface area (Å²) in [6, 6.07) is 0. The van der Waals surface area contributed by atoms with Crippen molar-refractivity contribution < 1.29 is 34.4 Å². The molecule has 0 aliphatic heterocycles. The molecule has 0 aromatic heterocycles. The van der Waals surface area contributed by atoms with E-state index in [1.54, 1.807) is 19.9 Å². The highest BCUT2D eigenvalue weighted by Gasteiger charge is 2.45. The average Bonchev–Trinajstić information content (AvgIpc) is 2.60. The van der Waals surface area contributed by atoms with E-state index in [9.17, 15) is 24.6 Å². The van der Waals surface area contributed by atoms with Crippen LogP contribution in [0, 0.1) is 17.8 Å². The maximum Gasteiger partial charge on any atom is 0.333 e. The highest BCUT2D eigenvalue weighted by Crippen LogP contribution is 2.37. The lowest BCUT2D eigenvalue weighted by atomic mass is 9.69. The van der Waals surface area contributed by atoms with Crippen LogP contribution in [0.3, 0.4) is 0 Å². The third-order valence-electron chi connectivity index (χ3n) is 4.84. The van der Waals surface area contributed by atoms with Crippen LogP contribution in [-0.2, 0) is 19.1 Å². The summed E-state index contributed by atoms with van der Waals surface area (Å²) in [5.41, 5.74) is 0.330. The lowest BCUT2D eigenvalue weighted by molar-refractivity contribution is -0.150. The number of carboxylic acid groups (broad SMARTS) is 1. The second kappa shape index (κ2) is 9.62. The molecule has 150 valence electrons. The number of rotatable bonds is 7. The highest BCUT2D eigenvalue weighted by molar-refractivity contribution is 5.99. The van der Waals surface area contributed by atoms with Crippen LogP contribution in [0.15, 0.2) is 34.9 Å². The van der Waals surface area contributed by atoms with Gasteiger partial charge in [-0.2, -0.15) is 0 Å². The van der Waals surface area contributed by atoms with Gasteiger partial charge < -0.3 is 20.1 Å². The van der Waals surface area contributed by atoms with Crippen LogP contribution in [0.1, 0.15) is 34.6 Å². The lowest BCUT2D eigenvalue weighted by Gasteiger charge is -2.39. The molecule has 1 aliphatic carbocycles. The quantitative estimate of drug-likeness (QED) is 0.453. The van der Waals surface area contributed by atoms with Crippen molar-refractivity contribution in [1.29, 1.82) is 0 Å². The number of aliphatic hydroxyl groups excluding tert-OH is 2. The molecule has 7 heteroatoms. The number of allylic oxidation sites excluding steroid dienone is 1. The minimum absolute atomic E-state index is 0.0354. The van der Waals surface area contributed by atoms with Crippen LogP contribution in [-0.4, -0.2) is 51.9 Å². The second-order valence-corrected chi connectivity index (χ2v) is 7.05. The van der Waals surface area contributed by atoms with Gasteiger partial charge in [0.15, 0.2) is 5.78 Å². The second-order valence-electron chi connectivity index (χ2n) is 7.05. The number of ether oxygens (including phenoxy) is 1. The molecule has 0 aromatic carbocycles. The Balaban J connectivity index is 3.38. The maximum absolute atomic E-state index is 12.8. The molecule has 4 atom stereocenters. The molecule has 0 amide bonds. The van der Waals surface area contributed by atoms with Gasteiger partial charge in [-0.15, -0.1) is 0 Å². The van der Waals surface area contributed by atoms with Gasteiger partial charge in [0.05, 0.1) is 18.6 Å². The standard InChI is InChI=1S/C20H28O7/c1-6-11(4)20(26)27-15-8-13(9-21)18(23)17(16(15)10(2)3)14(22)7-12(5)19(24)25/h6-8,10,14-17,21-22H,9H2,1-5H3,(H,24,25).